The van der Waals surface area contributed by atoms with Gasteiger partial charge in [0.15, 0.2) is 0 Å². The van der Waals surface area contributed by atoms with E-state index in [1.807, 2.05) is 6.07 Å². The van der Waals surface area contributed by atoms with Crippen LogP contribution in [0.1, 0.15) is 15.9 Å². The van der Waals surface area contributed by atoms with E-state index >= 15 is 0 Å². The number of carbonyl (C=O) groups is 1. The topological polar surface area (TPSA) is 83.8 Å². The van der Waals surface area contributed by atoms with Crippen LogP contribution in [0.25, 0.3) is 10.9 Å². The summed E-state index contributed by atoms with van der Waals surface area (Å²) in [6, 6.07) is 13.6. The van der Waals surface area contributed by atoms with Crippen molar-refractivity contribution in [1.29, 1.82) is 0 Å². The monoisotopic (exact) mass is 321 g/mol. The molecule has 6 heteroatoms. The number of phenols is 1. The standard InChI is InChI=1S/C18H15N3O3/c1-24-14-7-4-12(5-8-14)18(23)21-20-11-13-6-9-16(22)17-15(13)3-2-10-19-17/h2-11,22H,1H3,(H,21,23)/b20-11+. The van der Waals surface area contributed by atoms with Gasteiger partial charge in [0.1, 0.15) is 17.0 Å². The smallest absolute Gasteiger partial charge is 0.271 e. The summed E-state index contributed by atoms with van der Waals surface area (Å²) in [6.45, 7) is 0. The first-order chi connectivity index (χ1) is 11.7. The molecule has 1 aromatic heterocycles. The molecule has 2 N–H and O–H groups in total. The molecule has 1 heterocycles. The molecule has 0 aliphatic carbocycles. The van der Waals surface area contributed by atoms with E-state index < -0.39 is 0 Å². The van der Waals surface area contributed by atoms with Crippen LogP contribution in [-0.2, 0) is 0 Å². The number of carbonyl (C=O) groups excluding carboxylic acids is 1. The molecule has 0 aliphatic rings. The Labute approximate surface area is 138 Å². The number of hydrazone groups is 1. The van der Waals surface area contributed by atoms with Crippen LogP contribution in [0.4, 0.5) is 0 Å². The minimum Gasteiger partial charge on any atom is -0.506 e. The summed E-state index contributed by atoms with van der Waals surface area (Å²) in [7, 11) is 1.57. The van der Waals surface area contributed by atoms with E-state index in [1.165, 1.54) is 6.21 Å². The quantitative estimate of drug-likeness (QED) is 0.571. The molecule has 0 spiro atoms. The number of aromatic hydroxyl groups is 1. The first-order valence-corrected chi connectivity index (χ1v) is 7.23. The Hall–Kier alpha value is -3.41. The van der Waals surface area contributed by atoms with Gasteiger partial charge < -0.3 is 9.84 Å². The first-order valence-electron chi connectivity index (χ1n) is 7.23. The lowest BCUT2D eigenvalue weighted by atomic mass is 10.1. The second-order valence-electron chi connectivity index (χ2n) is 5.00. The van der Waals surface area contributed by atoms with Gasteiger partial charge in [0.25, 0.3) is 5.91 Å². The summed E-state index contributed by atoms with van der Waals surface area (Å²) in [4.78, 5) is 16.2. The minimum atomic E-state index is -0.324. The van der Waals surface area contributed by atoms with E-state index in [2.05, 4.69) is 15.5 Å². The fourth-order valence-corrected chi connectivity index (χ4v) is 2.26. The Balaban J connectivity index is 1.76. The number of amides is 1. The van der Waals surface area contributed by atoms with E-state index in [4.69, 9.17) is 4.74 Å². The maximum absolute atomic E-state index is 12.0. The third-order valence-electron chi connectivity index (χ3n) is 3.50. The van der Waals surface area contributed by atoms with Crippen LogP contribution in [0, 0.1) is 0 Å². The molecular formula is C18H15N3O3. The molecular weight excluding hydrogens is 306 g/mol. The molecule has 0 aliphatic heterocycles. The minimum absolute atomic E-state index is 0.102. The molecule has 3 aromatic rings. The number of fused-ring (bicyclic) bond motifs is 1. The number of pyridine rings is 1. The van der Waals surface area contributed by atoms with Gasteiger partial charge in [0.2, 0.25) is 0 Å². The predicted octanol–water partition coefficient (Wildman–Crippen LogP) is 2.71. The third-order valence-corrected chi connectivity index (χ3v) is 3.50. The average molecular weight is 321 g/mol. The largest absolute Gasteiger partial charge is 0.506 e. The van der Waals surface area contributed by atoms with Gasteiger partial charge >= 0.3 is 0 Å². The van der Waals surface area contributed by atoms with Crippen LogP contribution in [-0.4, -0.2) is 29.3 Å². The van der Waals surface area contributed by atoms with Crippen LogP contribution < -0.4 is 10.2 Å². The average Bonchev–Trinajstić information content (AvgIpc) is 2.64. The number of rotatable bonds is 4. The van der Waals surface area contributed by atoms with Gasteiger partial charge in [-0.25, -0.2) is 5.43 Å². The van der Waals surface area contributed by atoms with Gasteiger partial charge in [-0.1, -0.05) is 6.07 Å². The van der Waals surface area contributed by atoms with E-state index in [0.717, 1.165) is 10.9 Å². The highest BCUT2D eigenvalue weighted by Crippen LogP contribution is 2.24. The molecule has 0 radical (unpaired) electrons. The van der Waals surface area contributed by atoms with Crippen LogP contribution >= 0.6 is 0 Å². The van der Waals surface area contributed by atoms with Crippen LogP contribution in [0.2, 0.25) is 0 Å². The zero-order valence-electron chi connectivity index (χ0n) is 12.9. The van der Waals surface area contributed by atoms with Crippen molar-refractivity contribution in [2.45, 2.75) is 0 Å². The number of aromatic nitrogens is 1. The molecule has 120 valence electrons. The number of nitrogens with zero attached hydrogens (tertiary/aromatic N) is 2. The maximum atomic E-state index is 12.0. The molecule has 0 saturated heterocycles. The highest BCUT2D eigenvalue weighted by molar-refractivity contribution is 6.01. The SMILES string of the molecule is COc1ccc(C(=O)N/N=C/c2ccc(O)c3ncccc23)cc1. The fraction of sp³-hybridized carbons (Fsp3) is 0.0556. The number of methoxy groups -OCH3 is 1. The van der Waals surface area contributed by atoms with Crippen molar-refractivity contribution in [3.8, 4) is 11.5 Å². The van der Waals surface area contributed by atoms with Crippen molar-refractivity contribution >= 4 is 23.0 Å². The van der Waals surface area contributed by atoms with Crippen molar-refractivity contribution < 1.29 is 14.6 Å². The second kappa shape index (κ2) is 6.78. The second-order valence-corrected chi connectivity index (χ2v) is 5.00. The molecule has 2 aromatic carbocycles. The number of phenolic OH excluding ortho intramolecular Hbond substituents is 1. The molecule has 24 heavy (non-hydrogen) atoms. The Kier molecular flexibility index (Phi) is 4.38. The van der Waals surface area contributed by atoms with E-state index in [9.17, 15) is 9.90 Å². The summed E-state index contributed by atoms with van der Waals surface area (Å²) < 4.78 is 5.05. The van der Waals surface area contributed by atoms with Crippen molar-refractivity contribution in [3.63, 3.8) is 0 Å². The number of benzene rings is 2. The van der Waals surface area contributed by atoms with Gasteiger partial charge in [-0.05, 0) is 42.5 Å². The van der Waals surface area contributed by atoms with Gasteiger partial charge in [0.05, 0.1) is 13.3 Å². The van der Waals surface area contributed by atoms with Gasteiger partial charge in [-0.2, -0.15) is 5.10 Å². The van der Waals surface area contributed by atoms with Gasteiger partial charge in [-0.15, -0.1) is 0 Å². The fourth-order valence-electron chi connectivity index (χ4n) is 2.26. The Bertz CT molecular complexity index is 905. The lowest BCUT2D eigenvalue weighted by Crippen LogP contribution is -2.17. The highest BCUT2D eigenvalue weighted by atomic mass is 16.5. The zero-order valence-corrected chi connectivity index (χ0v) is 12.9. The Morgan fingerprint density at radius 2 is 2.00 bits per heavy atom. The van der Waals surface area contributed by atoms with Crippen molar-refractivity contribution in [1.82, 2.24) is 10.4 Å². The van der Waals surface area contributed by atoms with E-state index in [-0.39, 0.29) is 11.7 Å². The van der Waals surface area contributed by atoms with Crippen molar-refractivity contribution in [2.24, 2.45) is 5.10 Å². The first kappa shape index (κ1) is 15.5. The predicted molar refractivity (Wildman–Crippen MR) is 91.5 cm³/mol. The number of ether oxygens (including phenoxy) is 1. The molecule has 0 bridgehead atoms. The number of nitrogens with one attached hydrogen (secondary N) is 1. The summed E-state index contributed by atoms with van der Waals surface area (Å²) in [5.41, 5.74) is 4.18. The van der Waals surface area contributed by atoms with Crippen LogP contribution in [0.15, 0.2) is 59.8 Å². The molecule has 0 unspecified atom stereocenters. The molecule has 0 fully saturated rings. The van der Waals surface area contributed by atoms with E-state index in [1.54, 1.807) is 55.8 Å². The lowest BCUT2D eigenvalue weighted by Gasteiger charge is -2.04. The summed E-state index contributed by atoms with van der Waals surface area (Å²) >= 11 is 0. The summed E-state index contributed by atoms with van der Waals surface area (Å²) in [6.07, 6.45) is 3.12. The van der Waals surface area contributed by atoms with Crippen molar-refractivity contribution in [3.05, 3.63) is 65.9 Å². The number of hydrogen-bond donors (Lipinski definition) is 2. The molecule has 1 amide bonds. The van der Waals surface area contributed by atoms with Gasteiger partial charge in [-0.3, -0.25) is 9.78 Å². The molecule has 3 rings (SSSR count). The number of hydrogen-bond acceptors (Lipinski definition) is 5. The Morgan fingerprint density at radius 3 is 2.75 bits per heavy atom. The summed E-state index contributed by atoms with van der Waals surface area (Å²) in [5.74, 6) is 0.457. The lowest BCUT2D eigenvalue weighted by molar-refractivity contribution is 0.0955. The normalized spacial score (nSPS) is 10.9. The van der Waals surface area contributed by atoms with E-state index in [0.29, 0.717) is 16.8 Å². The van der Waals surface area contributed by atoms with Crippen LogP contribution in [0.3, 0.4) is 0 Å². The third kappa shape index (κ3) is 3.17. The Morgan fingerprint density at radius 1 is 1.21 bits per heavy atom. The highest BCUT2D eigenvalue weighted by Gasteiger charge is 2.06. The van der Waals surface area contributed by atoms with Crippen LogP contribution in [0.5, 0.6) is 11.5 Å². The zero-order chi connectivity index (χ0) is 16.9. The molecule has 6 nitrogen and oxygen atoms in total. The summed E-state index contributed by atoms with van der Waals surface area (Å²) in [5, 5.41) is 14.5. The van der Waals surface area contributed by atoms with Gasteiger partial charge in [0, 0.05) is 22.7 Å². The molecule has 0 saturated carbocycles. The maximum Gasteiger partial charge on any atom is 0.271 e. The van der Waals surface area contributed by atoms with Crippen molar-refractivity contribution in [2.75, 3.05) is 7.11 Å². The molecule has 0 atom stereocenters.